The molecule has 0 radical (unpaired) electrons. The monoisotopic (exact) mass is 218 g/mol. The second-order valence-corrected chi connectivity index (χ2v) is 3.48. The van der Waals surface area contributed by atoms with Gasteiger partial charge in [0.15, 0.2) is 0 Å². The molecule has 0 spiro atoms. The summed E-state index contributed by atoms with van der Waals surface area (Å²) in [6.45, 7) is 2.49. The number of rotatable bonds is 3. The fraction of sp³-hybridized carbons (Fsp3) is 0.200. The van der Waals surface area contributed by atoms with E-state index in [1.807, 2.05) is 31.2 Å². The maximum Gasteiger partial charge on any atom is 0.490 e. The van der Waals surface area contributed by atoms with E-state index in [2.05, 4.69) is 10.1 Å². The molecule has 0 aliphatic heterocycles. The Balaban J connectivity index is 2.14. The molecule has 2 rings (SSSR count). The van der Waals surface area contributed by atoms with Crippen LogP contribution >= 0.6 is 0 Å². The van der Waals surface area contributed by atoms with Crippen molar-refractivity contribution in [2.45, 2.75) is 13.5 Å². The van der Waals surface area contributed by atoms with Crippen LogP contribution < -0.4 is 0 Å². The van der Waals surface area contributed by atoms with E-state index in [4.69, 9.17) is 0 Å². The van der Waals surface area contributed by atoms with Crippen molar-refractivity contribution in [3.63, 3.8) is 0 Å². The van der Waals surface area contributed by atoms with E-state index in [0.717, 1.165) is 5.56 Å². The van der Waals surface area contributed by atoms with Gasteiger partial charge >= 0.3 is 5.95 Å². The maximum absolute atomic E-state index is 10.4. The minimum atomic E-state index is -0.606. The van der Waals surface area contributed by atoms with Gasteiger partial charge in [-0.25, -0.2) is 0 Å². The van der Waals surface area contributed by atoms with Gasteiger partial charge in [-0.05, 0) is 17.4 Å². The van der Waals surface area contributed by atoms with Crippen LogP contribution in [0.4, 0.5) is 5.95 Å². The smallest absolute Gasteiger partial charge is 0.390 e. The Morgan fingerprint density at radius 1 is 1.38 bits per heavy atom. The molecule has 0 bridgehead atoms. The Hall–Kier alpha value is -2.24. The summed E-state index contributed by atoms with van der Waals surface area (Å²) in [6, 6.07) is 7.90. The van der Waals surface area contributed by atoms with Crippen molar-refractivity contribution in [2.24, 2.45) is 0 Å². The predicted molar refractivity (Wildman–Crippen MR) is 57.0 cm³/mol. The van der Waals surface area contributed by atoms with Crippen LogP contribution in [0.3, 0.4) is 0 Å². The summed E-state index contributed by atoms with van der Waals surface area (Å²) in [5.74, 6) is -0.368. The number of nitro groups is 1. The molecule has 0 unspecified atom stereocenters. The lowest BCUT2D eigenvalue weighted by atomic mass is 10.1. The number of nitrogens with zero attached hydrogens (tertiary/aromatic N) is 4. The van der Waals surface area contributed by atoms with Gasteiger partial charge in [-0.2, -0.15) is 4.68 Å². The molecule has 0 saturated heterocycles. The summed E-state index contributed by atoms with van der Waals surface area (Å²) in [4.78, 5) is 13.4. The van der Waals surface area contributed by atoms with Crippen LogP contribution in [0.1, 0.15) is 11.1 Å². The van der Waals surface area contributed by atoms with Gasteiger partial charge in [0, 0.05) is 5.10 Å². The molecule has 16 heavy (non-hydrogen) atoms. The summed E-state index contributed by atoms with van der Waals surface area (Å²) < 4.78 is 1.45. The molecule has 1 aromatic carbocycles. The number of hydrogen-bond acceptors (Lipinski definition) is 4. The zero-order valence-electron chi connectivity index (χ0n) is 8.70. The molecule has 0 fully saturated rings. The molecular formula is C10H10N4O2. The van der Waals surface area contributed by atoms with E-state index in [0.29, 0.717) is 6.54 Å². The summed E-state index contributed by atoms with van der Waals surface area (Å²) in [5, 5.41) is 14.1. The third-order valence-corrected chi connectivity index (χ3v) is 2.15. The van der Waals surface area contributed by atoms with Crippen molar-refractivity contribution in [1.82, 2.24) is 14.8 Å². The highest BCUT2D eigenvalue weighted by Gasteiger charge is 2.12. The number of benzene rings is 1. The van der Waals surface area contributed by atoms with Crippen molar-refractivity contribution < 1.29 is 4.92 Å². The molecule has 0 aliphatic rings. The van der Waals surface area contributed by atoms with E-state index >= 15 is 0 Å². The fourth-order valence-corrected chi connectivity index (χ4v) is 1.33. The molecule has 0 saturated carbocycles. The summed E-state index contributed by atoms with van der Waals surface area (Å²) >= 11 is 0. The van der Waals surface area contributed by atoms with E-state index in [-0.39, 0.29) is 5.95 Å². The SMILES string of the molecule is Cc1ccc(Cn2cnc([N+](=O)[O-])n2)cc1. The van der Waals surface area contributed by atoms with Gasteiger partial charge in [0.05, 0.1) is 6.54 Å². The lowest BCUT2D eigenvalue weighted by molar-refractivity contribution is -0.394. The first-order valence-corrected chi connectivity index (χ1v) is 4.74. The van der Waals surface area contributed by atoms with E-state index in [1.165, 1.54) is 16.6 Å². The molecule has 1 heterocycles. The van der Waals surface area contributed by atoms with Crippen LogP contribution in [0.5, 0.6) is 0 Å². The highest BCUT2D eigenvalue weighted by molar-refractivity contribution is 5.21. The maximum atomic E-state index is 10.4. The molecule has 82 valence electrons. The normalized spacial score (nSPS) is 10.3. The molecule has 2 aromatic rings. The van der Waals surface area contributed by atoms with Crippen molar-refractivity contribution in [3.8, 4) is 0 Å². The minimum Gasteiger partial charge on any atom is -0.390 e. The Bertz CT molecular complexity index is 504. The molecule has 6 nitrogen and oxygen atoms in total. The molecule has 0 aliphatic carbocycles. The Kier molecular flexibility index (Phi) is 2.63. The lowest BCUT2D eigenvalue weighted by Gasteiger charge is -1.98. The Labute approximate surface area is 91.7 Å². The number of aromatic nitrogens is 3. The third kappa shape index (κ3) is 2.22. The van der Waals surface area contributed by atoms with Crippen LogP contribution in [0, 0.1) is 17.0 Å². The topological polar surface area (TPSA) is 73.8 Å². The van der Waals surface area contributed by atoms with Crippen LogP contribution in [0.2, 0.25) is 0 Å². The lowest BCUT2D eigenvalue weighted by Crippen LogP contribution is -2.01. The van der Waals surface area contributed by atoms with Crippen LogP contribution in [-0.4, -0.2) is 19.7 Å². The first-order valence-electron chi connectivity index (χ1n) is 4.74. The van der Waals surface area contributed by atoms with Crippen molar-refractivity contribution >= 4 is 5.95 Å². The Morgan fingerprint density at radius 2 is 2.06 bits per heavy atom. The quantitative estimate of drug-likeness (QED) is 0.578. The Morgan fingerprint density at radius 3 is 2.62 bits per heavy atom. The summed E-state index contributed by atoms with van der Waals surface area (Å²) in [6.07, 6.45) is 1.36. The molecular weight excluding hydrogens is 208 g/mol. The van der Waals surface area contributed by atoms with E-state index in [9.17, 15) is 10.1 Å². The van der Waals surface area contributed by atoms with Gasteiger partial charge in [-0.3, -0.25) is 0 Å². The molecule has 0 N–H and O–H groups in total. The average Bonchev–Trinajstić information content (AvgIpc) is 2.70. The van der Waals surface area contributed by atoms with Crippen LogP contribution in [0.15, 0.2) is 30.6 Å². The first kappa shape index (κ1) is 10.3. The average molecular weight is 218 g/mol. The zero-order chi connectivity index (χ0) is 11.5. The van der Waals surface area contributed by atoms with Crippen molar-refractivity contribution in [3.05, 3.63) is 51.8 Å². The summed E-state index contributed by atoms with van der Waals surface area (Å²) in [5.41, 5.74) is 2.21. The van der Waals surface area contributed by atoms with Gasteiger partial charge < -0.3 is 10.1 Å². The third-order valence-electron chi connectivity index (χ3n) is 2.15. The predicted octanol–water partition coefficient (Wildman–Crippen LogP) is 1.54. The highest BCUT2D eigenvalue weighted by atomic mass is 16.6. The van der Waals surface area contributed by atoms with E-state index in [1.54, 1.807) is 0 Å². The zero-order valence-corrected chi connectivity index (χ0v) is 8.70. The number of aryl methyl sites for hydroxylation is 1. The van der Waals surface area contributed by atoms with Crippen LogP contribution in [-0.2, 0) is 6.54 Å². The largest absolute Gasteiger partial charge is 0.490 e. The molecule has 6 heteroatoms. The highest BCUT2D eigenvalue weighted by Crippen LogP contribution is 2.06. The van der Waals surface area contributed by atoms with E-state index < -0.39 is 4.92 Å². The second kappa shape index (κ2) is 4.09. The second-order valence-electron chi connectivity index (χ2n) is 3.48. The van der Waals surface area contributed by atoms with Crippen molar-refractivity contribution in [1.29, 1.82) is 0 Å². The molecule has 0 amide bonds. The molecule has 0 atom stereocenters. The van der Waals surface area contributed by atoms with Gasteiger partial charge in [-0.15, -0.1) is 0 Å². The minimum absolute atomic E-state index is 0.368. The standard InChI is InChI=1S/C10H10N4O2/c1-8-2-4-9(5-3-8)6-13-7-11-10(12-13)14(15)16/h2-5,7H,6H2,1H3. The van der Waals surface area contributed by atoms with Crippen LogP contribution in [0.25, 0.3) is 0 Å². The van der Waals surface area contributed by atoms with Crippen molar-refractivity contribution in [2.75, 3.05) is 0 Å². The van der Waals surface area contributed by atoms with Gasteiger partial charge in [-0.1, -0.05) is 34.8 Å². The van der Waals surface area contributed by atoms with Gasteiger partial charge in [0.2, 0.25) is 6.33 Å². The van der Waals surface area contributed by atoms with Gasteiger partial charge in [0.1, 0.15) is 0 Å². The first-order chi connectivity index (χ1) is 7.65. The number of hydrogen-bond donors (Lipinski definition) is 0. The fourth-order valence-electron chi connectivity index (χ4n) is 1.33. The van der Waals surface area contributed by atoms with Gasteiger partial charge in [0.25, 0.3) is 0 Å². The summed E-state index contributed by atoms with van der Waals surface area (Å²) in [7, 11) is 0. The molecule has 1 aromatic heterocycles.